The van der Waals surface area contributed by atoms with Crippen LogP contribution in [0.15, 0.2) is 42.5 Å². The van der Waals surface area contributed by atoms with Gasteiger partial charge in [0.1, 0.15) is 23.5 Å². The molecule has 0 aliphatic carbocycles. The smallest absolute Gasteiger partial charge is 0.150 e. The molecule has 0 saturated carbocycles. The van der Waals surface area contributed by atoms with Gasteiger partial charge in [0.2, 0.25) is 0 Å². The summed E-state index contributed by atoms with van der Waals surface area (Å²) in [6.07, 6.45) is 0.842. The maximum atomic E-state index is 10.8. The number of benzene rings is 2. The third-order valence-electron chi connectivity index (χ3n) is 2.72. The Morgan fingerprint density at radius 2 is 1.79 bits per heavy atom. The zero-order valence-electron chi connectivity index (χ0n) is 11.1. The van der Waals surface area contributed by atoms with Gasteiger partial charge in [-0.25, -0.2) is 0 Å². The van der Waals surface area contributed by atoms with Gasteiger partial charge in [-0.15, -0.1) is 0 Å². The molecular weight excluding hydrogens is 240 g/mol. The van der Waals surface area contributed by atoms with Crippen molar-refractivity contribution in [2.24, 2.45) is 0 Å². The van der Waals surface area contributed by atoms with E-state index in [9.17, 15) is 4.79 Å². The van der Waals surface area contributed by atoms with Gasteiger partial charge in [0.25, 0.3) is 0 Å². The van der Waals surface area contributed by atoms with Gasteiger partial charge in [-0.1, -0.05) is 6.07 Å². The Hall–Kier alpha value is -2.29. The lowest BCUT2D eigenvalue weighted by Crippen LogP contribution is -1.92. The summed E-state index contributed by atoms with van der Waals surface area (Å²) in [7, 11) is 0. The summed E-state index contributed by atoms with van der Waals surface area (Å²) in [4.78, 5) is 10.8. The van der Waals surface area contributed by atoms with E-state index in [-0.39, 0.29) is 0 Å². The molecule has 0 heterocycles. The molecule has 3 heteroatoms. The van der Waals surface area contributed by atoms with E-state index in [0.29, 0.717) is 23.7 Å². The Balaban J connectivity index is 2.18. The third-order valence-corrected chi connectivity index (χ3v) is 2.72. The second kappa shape index (κ2) is 6.05. The van der Waals surface area contributed by atoms with Crippen molar-refractivity contribution >= 4 is 6.29 Å². The minimum atomic E-state index is 0.622. The highest BCUT2D eigenvalue weighted by Gasteiger charge is 2.02. The quantitative estimate of drug-likeness (QED) is 0.758. The van der Waals surface area contributed by atoms with Crippen molar-refractivity contribution in [1.29, 1.82) is 0 Å². The highest BCUT2D eigenvalue weighted by Crippen LogP contribution is 2.26. The van der Waals surface area contributed by atoms with Crippen molar-refractivity contribution in [2.45, 2.75) is 13.8 Å². The zero-order chi connectivity index (χ0) is 13.7. The summed E-state index contributed by atoms with van der Waals surface area (Å²) in [6, 6.07) is 12.9. The Kier molecular flexibility index (Phi) is 4.18. The number of aldehydes is 1. The van der Waals surface area contributed by atoms with Gasteiger partial charge in [-0.3, -0.25) is 4.79 Å². The molecule has 0 radical (unpaired) electrons. The van der Waals surface area contributed by atoms with Gasteiger partial charge in [-0.05, 0) is 49.7 Å². The number of carbonyl (C=O) groups excluding carboxylic acids is 1. The Labute approximate surface area is 112 Å². The molecule has 0 atom stereocenters. The van der Waals surface area contributed by atoms with E-state index >= 15 is 0 Å². The van der Waals surface area contributed by atoms with Crippen LogP contribution in [0, 0.1) is 6.92 Å². The van der Waals surface area contributed by atoms with Crippen molar-refractivity contribution in [1.82, 2.24) is 0 Å². The predicted molar refractivity (Wildman–Crippen MR) is 74.3 cm³/mol. The fourth-order valence-electron chi connectivity index (χ4n) is 1.77. The molecule has 0 aromatic heterocycles. The van der Waals surface area contributed by atoms with E-state index in [1.807, 2.05) is 44.2 Å². The van der Waals surface area contributed by atoms with E-state index in [1.54, 1.807) is 12.1 Å². The first-order chi connectivity index (χ1) is 9.22. The number of ether oxygens (including phenoxy) is 2. The van der Waals surface area contributed by atoms with E-state index < -0.39 is 0 Å². The molecule has 19 heavy (non-hydrogen) atoms. The molecule has 3 nitrogen and oxygen atoms in total. The molecule has 0 bridgehead atoms. The van der Waals surface area contributed by atoms with Crippen molar-refractivity contribution in [3.05, 3.63) is 53.6 Å². The van der Waals surface area contributed by atoms with E-state index in [0.717, 1.165) is 17.6 Å². The van der Waals surface area contributed by atoms with Gasteiger partial charge in [0, 0.05) is 11.6 Å². The highest BCUT2D eigenvalue weighted by molar-refractivity contribution is 5.77. The van der Waals surface area contributed by atoms with Crippen molar-refractivity contribution in [2.75, 3.05) is 6.61 Å². The van der Waals surface area contributed by atoms with Gasteiger partial charge < -0.3 is 9.47 Å². The average molecular weight is 256 g/mol. The standard InChI is InChI=1S/C16H16O3/c1-3-18-14-5-4-6-15(10-14)19-16-8-7-13(11-17)12(2)9-16/h4-11H,3H2,1-2H3. The molecule has 0 saturated heterocycles. The first-order valence-corrected chi connectivity index (χ1v) is 6.19. The number of aryl methyl sites for hydroxylation is 1. The molecule has 98 valence electrons. The van der Waals surface area contributed by atoms with Gasteiger partial charge in [0.15, 0.2) is 0 Å². The number of hydrogen-bond donors (Lipinski definition) is 0. The lowest BCUT2D eigenvalue weighted by Gasteiger charge is -2.09. The van der Waals surface area contributed by atoms with Crippen LogP contribution in [0.2, 0.25) is 0 Å². The van der Waals surface area contributed by atoms with Crippen LogP contribution < -0.4 is 9.47 Å². The third kappa shape index (κ3) is 3.35. The first-order valence-electron chi connectivity index (χ1n) is 6.19. The van der Waals surface area contributed by atoms with Crippen LogP contribution in [0.5, 0.6) is 17.2 Å². The minimum absolute atomic E-state index is 0.622. The van der Waals surface area contributed by atoms with Crippen LogP contribution >= 0.6 is 0 Å². The highest BCUT2D eigenvalue weighted by atomic mass is 16.5. The summed E-state index contributed by atoms with van der Waals surface area (Å²) < 4.78 is 11.2. The monoisotopic (exact) mass is 256 g/mol. The van der Waals surface area contributed by atoms with Crippen molar-refractivity contribution in [3.8, 4) is 17.2 Å². The predicted octanol–water partition coefficient (Wildman–Crippen LogP) is 4.00. The van der Waals surface area contributed by atoms with Crippen LogP contribution in [-0.2, 0) is 0 Å². The van der Waals surface area contributed by atoms with Crippen molar-refractivity contribution < 1.29 is 14.3 Å². The number of rotatable bonds is 5. The Morgan fingerprint density at radius 1 is 1.05 bits per heavy atom. The number of carbonyl (C=O) groups is 1. The fourth-order valence-corrected chi connectivity index (χ4v) is 1.77. The molecule has 2 aromatic rings. The summed E-state index contributed by atoms with van der Waals surface area (Å²) in [5.74, 6) is 2.20. The fraction of sp³-hybridized carbons (Fsp3) is 0.188. The zero-order valence-corrected chi connectivity index (χ0v) is 11.1. The SMILES string of the molecule is CCOc1cccc(Oc2ccc(C=O)c(C)c2)c1. The maximum Gasteiger partial charge on any atom is 0.150 e. The summed E-state index contributed by atoms with van der Waals surface area (Å²) >= 11 is 0. The van der Waals surface area contributed by atoms with Gasteiger partial charge in [0.05, 0.1) is 6.61 Å². The Morgan fingerprint density at radius 3 is 2.47 bits per heavy atom. The summed E-state index contributed by atoms with van der Waals surface area (Å²) in [6.45, 7) is 4.44. The lowest BCUT2D eigenvalue weighted by molar-refractivity contribution is 0.112. The van der Waals surface area contributed by atoms with Crippen LogP contribution in [0.3, 0.4) is 0 Å². The molecule has 2 rings (SSSR count). The summed E-state index contributed by atoms with van der Waals surface area (Å²) in [5.41, 5.74) is 1.57. The van der Waals surface area contributed by atoms with E-state index in [1.165, 1.54) is 0 Å². The van der Waals surface area contributed by atoms with Crippen LogP contribution in [0.4, 0.5) is 0 Å². The van der Waals surface area contributed by atoms with Gasteiger partial charge >= 0.3 is 0 Å². The molecular formula is C16H16O3. The van der Waals surface area contributed by atoms with Crippen LogP contribution in [0.25, 0.3) is 0 Å². The van der Waals surface area contributed by atoms with E-state index in [4.69, 9.17) is 9.47 Å². The molecule has 0 aliphatic heterocycles. The lowest BCUT2D eigenvalue weighted by atomic mass is 10.1. The van der Waals surface area contributed by atoms with Gasteiger partial charge in [-0.2, -0.15) is 0 Å². The average Bonchev–Trinajstić information content (AvgIpc) is 2.40. The first kappa shape index (κ1) is 13.1. The summed E-state index contributed by atoms with van der Waals surface area (Å²) in [5, 5.41) is 0. The van der Waals surface area contributed by atoms with Crippen molar-refractivity contribution in [3.63, 3.8) is 0 Å². The van der Waals surface area contributed by atoms with E-state index in [2.05, 4.69) is 0 Å². The molecule has 0 amide bonds. The topological polar surface area (TPSA) is 35.5 Å². The van der Waals surface area contributed by atoms with Crippen LogP contribution in [0.1, 0.15) is 22.8 Å². The molecule has 2 aromatic carbocycles. The van der Waals surface area contributed by atoms with Crippen LogP contribution in [-0.4, -0.2) is 12.9 Å². The maximum absolute atomic E-state index is 10.8. The molecule has 0 fully saturated rings. The minimum Gasteiger partial charge on any atom is -0.494 e. The normalized spacial score (nSPS) is 10.0. The molecule has 0 N–H and O–H groups in total. The molecule has 0 unspecified atom stereocenters. The number of hydrogen-bond acceptors (Lipinski definition) is 3. The largest absolute Gasteiger partial charge is 0.494 e. The molecule has 0 aliphatic rings. The second-order valence-electron chi connectivity index (χ2n) is 4.15. The Bertz CT molecular complexity index is 576. The molecule has 0 spiro atoms. The second-order valence-corrected chi connectivity index (χ2v) is 4.15.